The highest BCUT2D eigenvalue weighted by Crippen LogP contribution is 2.35. The van der Waals surface area contributed by atoms with Crippen molar-refractivity contribution in [1.29, 1.82) is 5.26 Å². The Kier molecular flexibility index (Phi) is 7.04. The zero-order valence-corrected chi connectivity index (χ0v) is 18.4. The Labute approximate surface area is 175 Å². The Morgan fingerprint density at radius 1 is 1.14 bits per heavy atom. The van der Waals surface area contributed by atoms with Gasteiger partial charge in [-0.25, -0.2) is 0 Å². The van der Waals surface area contributed by atoms with Crippen molar-refractivity contribution < 1.29 is 9.90 Å². The number of nitrogens with one attached hydrogen (secondary N) is 1. The fourth-order valence-electron chi connectivity index (χ4n) is 2.94. The fourth-order valence-corrected chi connectivity index (χ4v) is 3.42. The summed E-state index contributed by atoms with van der Waals surface area (Å²) in [5.74, 6) is 0.0695. The summed E-state index contributed by atoms with van der Waals surface area (Å²) in [7, 11) is 0. The molecule has 0 aliphatic carbocycles. The third kappa shape index (κ3) is 5.02. The molecule has 0 atom stereocenters. The van der Waals surface area contributed by atoms with Gasteiger partial charge in [-0.3, -0.25) is 4.79 Å². The lowest BCUT2D eigenvalue weighted by Crippen LogP contribution is -2.14. The second-order valence-electron chi connectivity index (χ2n) is 7.44. The van der Waals surface area contributed by atoms with E-state index in [-0.39, 0.29) is 23.2 Å². The van der Waals surface area contributed by atoms with Gasteiger partial charge in [0.1, 0.15) is 17.4 Å². The first-order valence-electron chi connectivity index (χ1n) is 9.20. The lowest BCUT2D eigenvalue weighted by Gasteiger charge is -2.16. The molecule has 0 bridgehead atoms. The summed E-state index contributed by atoms with van der Waals surface area (Å²) in [6.07, 6.45) is 1.57. The maximum atomic E-state index is 12.6. The first kappa shape index (κ1) is 21.7. The van der Waals surface area contributed by atoms with Gasteiger partial charge in [0.15, 0.2) is 0 Å². The lowest BCUT2D eigenvalue weighted by molar-refractivity contribution is -0.112. The zero-order chi connectivity index (χ0) is 21.0. The molecule has 2 rings (SSSR count). The van der Waals surface area contributed by atoms with Crippen LogP contribution < -0.4 is 5.32 Å². The van der Waals surface area contributed by atoms with Crippen molar-refractivity contribution in [3.8, 4) is 11.8 Å². The van der Waals surface area contributed by atoms with Crippen LogP contribution in [0.5, 0.6) is 5.75 Å². The largest absolute Gasteiger partial charge is 0.507 e. The van der Waals surface area contributed by atoms with E-state index in [2.05, 4.69) is 21.2 Å². The second kappa shape index (κ2) is 9.07. The average molecular weight is 441 g/mol. The van der Waals surface area contributed by atoms with Crippen molar-refractivity contribution in [3.63, 3.8) is 0 Å². The van der Waals surface area contributed by atoms with Gasteiger partial charge in [0.25, 0.3) is 5.91 Å². The molecule has 28 heavy (non-hydrogen) atoms. The number of nitriles is 1. The van der Waals surface area contributed by atoms with Gasteiger partial charge in [0.2, 0.25) is 0 Å². The molecule has 0 aliphatic heterocycles. The van der Waals surface area contributed by atoms with Crippen LogP contribution in [0, 0.1) is 18.3 Å². The molecule has 4 nitrogen and oxygen atoms in total. The molecule has 0 aliphatic rings. The van der Waals surface area contributed by atoms with Gasteiger partial charge in [0, 0.05) is 10.2 Å². The number of amides is 1. The Balaban J connectivity index is 2.43. The Hall–Kier alpha value is -2.58. The summed E-state index contributed by atoms with van der Waals surface area (Å²) in [5, 5.41) is 22.9. The molecular weight excluding hydrogens is 416 g/mol. The molecule has 0 unspecified atom stereocenters. The predicted molar refractivity (Wildman–Crippen MR) is 117 cm³/mol. The summed E-state index contributed by atoms with van der Waals surface area (Å²) < 4.78 is 0.922. The van der Waals surface area contributed by atoms with E-state index in [1.54, 1.807) is 12.1 Å². The summed E-state index contributed by atoms with van der Waals surface area (Å²) >= 11 is 3.40. The third-order valence-electron chi connectivity index (χ3n) is 4.55. The number of hydrogen-bond acceptors (Lipinski definition) is 3. The van der Waals surface area contributed by atoms with Gasteiger partial charge in [-0.2, -0.15) is 5.26 Å². The van der Waals surface area contributed by atoms with Crippen molar-refractivity contribution in [3.05, 3.63) is 62.6 Å². The number of nitrogens with zero attached hydrogens (tertiary/aromatic N) is 1. The van der Waals surface area contributed by atoms with Crippen LogP contribution in [0.1, 0.15) is 61.8 Å². The highest BCUT2D eigenvalue weighted by Gasteiger charge is 2.16. The van der Waals surface area contributed by atoms with E-state index < -0.39 is 5.91 Å². The molecule has 5 heteroatoms. The minimum atomic E-state index is -0.460. The number of benzene rings is 2. The topological polar surface area (TPSA) is 73.1 Å². The van der Waals surface area contributed by atoms with Crippen LogP contribution in [0.4, 0.5) is 5.69 Å². The number of hydrogen-bond donors (Lipinski definition) is 2. The first-order valence-corrected chi connectivity index (χ1v) is 9.99. The van der Waals surface area contributed by atoms with Crippen LogP contribution in [-0.2, 0) is 4.79 Å². The van der Waals surface area contributed by atoms with Crippen molar-refractivity contribution in [1.82, 2.24) is 0 Å². The van der Waals surface area contributed by atoms with Gasteiger partial charge in [0.05, 0.1) is 0 Å². The number of carbonyl (C=O) groups excluding carboxylic acids is 1. The average Bonchev–Trinajstić information content (AvgIpc) is 2.62. The number of aromatic hydroxyl groups is 1. The van der Waals surface area contributed by atoms with E-state index in [1.807, 2.05) is 65.0 Å². The van der Waals surface area contributed by atoms with Gasteiger partial charge < -0.3 is 10.4 Å². The highest BCUT2D eigenvalue weighted by atomic mass is 79.9. The van der Waals surface area contributed by atoms with Crippen molar-refractivity contribution in [2.75, 3.05) is 5.32 Å². The number of phenolic OH excluding ortho intramolecular Hbond substituents is 1. The molecule has 2 N–H and O–H groups in total. The maximum Gasteiger partial charge on any atom is 0.266 e. The molecule has 0 radical (unpaired) electrons. The second-order valence-corrected chi connectivity index (χ2v) is 8.36. The predicted octanol–water partition coefficient (Wildman–Crippen LogP) is 6.26. The number of rotatable bonds is 5. The minimum absolute atomic E-state index is 0.0115. The molecule has 146 valence electrons. The smallest absolute Gasteiger partial charge is 0.266 e. The van der Waals surface area contributed by atoms with Gasteiger partial charge >= 0.3 is 0 Å². The first-order chi connectivity index (χ1) is 13.1. The molecule has 1 amide bonds. The normalized spacial score (nSPS) is 11.6. The van der Waals surface area contributed by atoms with E-state index in [1.165, 1.54) is 0 Å². The minimum Gasteiger partial charge on any atom is -0.507 e. The zero-order valence-electron chi connectivity index (χ0n) is 16.8. The standard InChI is InChI=1S/C23H25BrN2O2/c1-13(2)19-10-16(11-20(14(3)4)22(19)27)9-17(12-25)23(28)26-21-7-6-18(24)8-15(21)5/h6-11,13-14,27H,1-5H3,(H,26,28)/b17-9+. The van der Waals surface area contributed by atoms with Crippen LogP contribution in [0.3, 0.4) is 0 Å². The maximum absolute atomic E-state index is 12.6. The number of halogens is 1. The van der Waals surface area contributed by atoms with Crippen LogP contribution in [0.25, 0.3) is 6.08 Å². The van der Waals surface area contributed by atoms with Crippen LogP contribution in [-0.4, -0.2) is 11.0 Å². The molecule has 0 heterocycles. The SMILES string of the molecule is Cc1cc(Br)ccc1NC(=O)/C(C#N)=C/c1cc(C(C)C)c(O)c(C(C)C)c1. The van der Waals surface area contributed by atoms with E-state index in [0.717, 1.165) is 26.7 Å². The van der Waals surface area contributed by atoms with Gasteiger partial charge in [-0.05, 0) is 77.4 Å². The summed E-state index contributed by atoms with van der Waals surface area (Å²) in [5.41, 5.74) is 3.90. The molecule has 0 fully saturated rings. The van der Waals surface area contributed by atoms with Crippen LogP contribution in [0.15, 0.2) is 40.4 Å². The summed E-state index contributed by atoms with van der Waals surface area (Å²) in [4.78, 5) is 12.6. The summed E-state index contributed by atoms with van der Waals surface area (Å²) in [6.45, 7) is 9.89. The van der Waals surface area contributed by atoms with E-state index in [4.69, 9.17) is 0 Å². The molecular formula is C23H25BrN2O2. The molecule has 2 aromatic rings. The van der Waals surface area contributed by atoms with E-state index >= 15 is 0 Å². The van der Waals surface area contributed by atoms with Crippen LogP contribution >= 0.6 is 15.9 Å². The Morgan fingerprint density at radius 3 is 2.18 bits per heavy atom. The Morgan fingerprint density at radius 2 is 1.71 bits per heavy atom. The highest BCUT2D eigenvalue weighted by molar-refractivity contribution is 9.10. The van der Waals surface area contributed by atoms with Gasteiger partial charge in [-0.1, -0.05) is 43.6 Å². The Bertz CT molecular complexity index is 940. The van der Waals surface area contributed by atoms with Crippen molar-refractivity contribution >= 4 is 33.6 Å². The van der Waals surface area contributed by atoms with E-state index in [9.17, 15) is 15.2 Å². The molecule has 0 aromatic heterocycles. The number of phenols is 1. The monoisotopic (exact) mass is 440 g/mol. The van der Waals surface area contributed by atoms with Crippen molar-refractivity contribution in [2.24, 2.45) is 0 Å². The van der Waals surface area contributed by atoms with Crippen molar-refractivity contribution in [2.45, 2.75) is 46.5 Å². The van der Waals surface area contributed by atoms with E-state index in [0.29, 0.717) is 5.69 Å². The number of carbonyl (C=O) groups is 1. The van der Waals surface area contributed by atoms with Gasteiger partial charge in [-0.15, -0.1) is 0 Å². The fraction of sp³-hybridized carbons (Fsp3) is 0.304. The molecule has 0 saturated heterocycles. The quantitative estimate of drug-likeness (QED) is 0.425. The lowest BCUT2D eigenvalue weighted by atomic mass is 9.91. The molecule has 0 saturated carbocycles. The summed E-state index contributed by atoms with van der Waals surface area (Å²) in [6, 6.07) is 11.2. The number of aryl methyl sites for hydroxylation is 1. The number of anilines is 1. The molecule has 0 spiro atoms. The molecule has 2 aromatic carbocycles. The third-order valence-corrected chi connectivity index (χ3v) is 5.04. The van der Waals surface area contributed by atoms with Crippen LogP contribution in [0.2, 0.25) is 0 Å².